The average molecular weight is 426 g/mol. The highest BCUT2D eigenvalue weighted by Gasteiger charge is 2.28. The van der Waals surface area contributed by atoms with Crippen molar-refractivity contribution < 1.29 is 23.6 Å². The molecule has 0 aliphatic carbocycles. The molecule has 0 unspecified atom stereocenters. The van der Waals surface area contributed by atoms with Gasteiger partial charge in [0.15, 0.2) is 7.14 Å². The SMILES string of the molecule is COC(=O)NNC(=O)OC.O=P(c1ccccc1)(c1ccccc1)c1ccccc1. The van der Waals surface area contributed by atoms with Crippen LogP contribution in [0.25, 0.3) is 0 Å². The molecule has 7 nitrogen and oxygen atoms in total. The molecular weight excluding hydrogens is 403 g/mol. The van der Waals surface area contributed by atoms with Gasteiger partial charge >= 0.3 is 12.2 Å². The lowest BCUT2D eigenvalue weighted by molar-refractivity contribution is 0.148. The number of hydrogen-bond acceptors (Lipinski definition) is 5. The van der Waals surface area contributed by atoms with Crippen LogP contribution in [-0.2, 0) is 14.0 Å². The first-order chi connectivity index (χ1) is 14.5. The van der Waals surface area contributed by atoms with E-state index in [1.54, 1.807) is 0 Å². The van der Waals surface area contributed by atoms with Crippen LogP contribution in [0.3, 0.4) is 0 Å². The zero-order chi connectivity index (χ0) is 21.8. The van der Waals surface area contributed by atoms with Crippen molar-refractivity contribution >= 4 is 35.2 Å². The lowest BCUT2D eigenvalue weighted by Crippen LogP contribution is -2.41. The number of ether oxygens (including phenoxy) is 2. The molecule has 0 fully saturated rings. The largest absolute Gasteiger partial charge is 0.452 e. The Balaban J connectivity index is 0.000000274. The van der Waals surface area contributed by atoms with Gasteiger partial charge in [0.1, 0.15) is 0 Å². The van der Waals surface area contributed by atoms with Crippen molar-refractivity contribution in [3.63, 3.8) is 0 Å². The molecule has 2 N–H and O–H groups in total. The summed E-state index contributed by atoms with van der Waals surface area (Å²) in [7, 11) is -0.427. The minimum absolute atomic E-state index is 0.759. The second-order valence-corrected chi connectivity index (χ2v) is 8.62. The number of rotatable bonds is 3. The number of hydrazine groups is 1. The van der Waals surface area contributed by atoms with Crippen molar-refractivity contribution in [1.29, 1.82) is 0 Å². The maximum absolute atomic E-state index is 13.8. The van der Waals surface area contributed by atoms with E-state index in [4.69, 9.17) is 0 Å². The van der Waals surface area contributed by atoms with Crippen LogP contribution >= 0.6 is 7.14 Å². The number of hydrogen-bond donors (Lipinski definition) is 2. The van der Waals surface area contributed by atoms with E-state index in [2.05, 4.69) is 9.47 Å². The topological polar surface area (TPSA) is 93.7 Å². The van der Waals surface area contributed by atoms with Gasteiger partial charge in [0.05, 0.1) is 14.2 Å². The Kier molecular flexibility index (Phi) is 8.66. The van der Waals surface area contributed by atoms with E-state index in [9.17, 15) is 14.2 Å². The minimum Gasteiger partial charge on any atom is -0.452 e. The van der Waals surface area contributed by atoms with Crippen LogP contribution in [0.15, 0.2) is 91.0 Å². The van der Waals surface area contributed by atoms with Crippen LogP contribution in [0.5, 0.6) is 0 Å². The highest BCUT2D eigenvalue weighted by atomic mass is 31.2. The summed E-state index contributed by atoms with van der Waals surface area (Å²) in [6, 6.07) is 29.1. The number of amides is 2. The first-order valence-electron chi connectivity index (χ1n) is 8.97. The molecule has 0 aliphatic heterocycles. The molecule has 3 aromatic rings. The third-order valence-corrected chi connectivity index (χ3v) is 7.07. The first kappa shape index (κ1) is 22.7. The smallest absolute Gasteiger partial charge is 0.425 e. The van der Waals surface area contributed by atoms with Crippen molar-refractivity contribution in [3.8, 4) is 0 Å². The van der Waals surface area contributed by atoms with Gasteiger partial charge in [0.2, 0.25) is 0 Å². The van der Waals surface area contributed by atoms with Crippen LogP contribution in [-0.4, -0.2) is 26.4 Å². The fourth-order valence-electron chi connectivity index (χ4n) is 2.57. The monoisotopic (exact) mass is 426 g/mol. The van der Waals surface area contributed by atoms with Crippen molar-refractivity contribution in [2.75, 3.05) is 14.2 Å². The van der Waals surface area contributed by atoms with E-state index >= 15 is 0 Å². The van der Waals surface area contributed by atoms with Gasteiger partial charge in [-0.3, -0.25) is 0 Å². The first-order valence-corrected chi connectivity index (χ1v) is 10.7. The van der Waals surface area contributed by atoms with Gasteiger partial charge in [-0.2, -0.15) is 0 Å². The summed E-state index contributed by atoms with van der Waals surface area (Å²) in [5.74, 6) is 0. The third-order valence-electron chi connectivity index (χ3n) is 4.00. The molecule has 8 heteroatoms. The number of carbonyl (C=O) groups is 2. The molecule has 30 heavy (non-hydrogen) atoms. The lowest BCUT2D eigenvalue weighted by atomic mass is 10.4. The van der Waals surface area contributed by atoms with Gasteiger partial charge < -0.3 is 14.0 Å². The van der Waals surface area contributed by atoms with Crippen LogP contribution < -0.4 is 26.8 Å². The maximum Gasteiger partial charge on any atom is 0.425 e. The number of nitrogens with one attached hydrogen (secondary N) is 2. The minimum atomic E-state index is -2.78. The van der Waals surface area contributed by atoms with E-state index in [0.29, 0.717) is 0 Å². The van der Waals surface area contributed by atoms with Crippen molar-refractivity contribution in [3.05, 3.63) is 91.0 Å². The van der Waals surface area contributed by atoms with Gasteiger partial charge in [0, 0.05) is 15.9 Å². The molecule has 0 atom stereocenters. The van der Waals surface area contributed by atoms with Gasteiger partial charge in [-0.15, -0.1) is 0 Å². The summed E-state index contributed by atoms with van der Waals surface area (Å²) in [6.45, 7) is 0. The Morgan fingerprint density at radius 3 is 1.10 bits per heavy atom. The zero-order valence-electron chi connectivity index (χ0n) is 16.6. The van der Waals surface area contributed by atoms with E-state index in [1.807, 2.05) is 102 Å². The normalized spacial score (nSPS) is 10.1. The summed E-state index contributed by atoms with van der Waals surface area (Å²) in [4.78, 5) is 20.5. The van der Waals surface area contributed by atoms with Gasteiger partial charge in [-0.25, -0.2) is 20.4 Å². The predicted octanol–water partition coefficient (Wildman–Crippen LogP) is 2.94. The Morgan fingerprint density at radius 2 is 0.867 bits per heavy atom. The van der Waals surface area contributed by atoms with E-state index in [1.165, 1.54) is 14.2 Å². The molecule has 2 amide bonds. The Morgan fingerprint density at radius 1 is 0.600 bits per heavy atom. The highest BCUT2D eigenvalue weighted by Crippen LogP contribution is 2.41. The average Bonchev–Trinajstić information content (AvgIpc) is 2.83. The van der Waals surface area contributed by atoms with Crippen LogP contribution in [0.1, 0.15) is 0 Å². The van der Waals surface area contributed by atoms with E-state index in [-0.39, 0.29) is 0 Å². The molecule has 0 saturated heterocycles. The molecule has 3 aromatic carbocycles. The molecule has 0 aromatic heterocycles. The fraction of sp³-hybridized carbons (Fsp3) is 0.0909. The standard InChI is InChI=1S/C18H15OP.C4H8N2O4/c19-20(16-10-4-1-5-11-16,17-12-6-2-7-13-17)18-14-8-3-9-15-18;1-9-3(7)5-6-4(8)10-2/h1-15H;1-2H3,(H,5,7)(H,6,8). The molecule has 3 rings (SSSR count). The Bertz CT molecular complexity index is 863. The summed E-state index contributed by atoms with van der Waals surface area (Å²) in [6.07, 6.45) is -1.52. The van der Waals surface area contributed by atoms with Gasteiger partial charge in [-0.05, 0) is 0 Å². The number of benzene rings is 3. The second-order valence-electron chi connectivity index (χ2n) is 5.85. The highest BCUT2D eigenvalue weighted by molar-refractivity contribution is 7.85. The zero-order valence-corrected chi connectivity index (χ0v) is 17.5. The molecular formula is C22H23N2O5P. The molecule has 0 heterocycles. The molecule has 0 aliphatic rings. The molecule has 0 spiro atoms. The quantitative estimate of drug-likeness (QED) is 0.496. The van der Waals surface area contributed by atoms with Gasteiger partial charge in [0.25, 0.3) is 0 Å². The Labute approximate surface area is 175 Å². The predicted molar refractivity (Wildman–Crippen MR) is 117 cm³/mol. The van der Waals surface area contributed by atoms with Crippen LogP contribution in [0.2, 0.25) is 0 Å². The summed E-state index contributed by atoms with van der Waals surface area (Å²) >= 11 is 0. The molecule has 0 saturated carbocycles. The number of methoxy groups -OCH3 is 2. The third kappa shape index (κ3) is 5.96. The van der Waals surface area contributed by atoms with Crippen molar-refractivity contribution in [2.45, 2.75) is 0 Å². The van der Waals surface area contributed by atoms with E-state index < -0.39 is 19.3 Å². The fourth-order valence-corrected chi connectivity index (χ4v) is 5.24. The molecule has 156 valence electrons. The summed E-state index contributed by atoms with van der Waals surface area (Å²) < 4.78 is 22.1. The summed E-state index contributed by atoms with van der Waals surface area (Å²) in [5.41, 5.74) is 3.79. The van der Waals surface area contributed by atoms with Crippen LogP contribution in [0, 0.1) is 0 Å². The van der Waals surface area contributed by atoms with Crippen molar-refractivity contribution in [1.82, 2.24) is 10.9 Å². The van der Waals surface area contributed by atoms with Gasteiger partial charge in [-0.1, -0.05) is 91.0 Å². The van der Waals surface area contributed by atoms with Crippen LogP contribution in [0.4, 0.5) is 9.59 Å². The molecule has 0 radical (unpaired) electrons. The van der Waals surface area contributed by atoms with E-state index in [0.717, 1.165) is 15.9 Å². The second kappa shape index (κ2) is 11.4. The lowest BCUT2D eigenvalue weighted by Gasteiger charge is -2.19. The number of carbonyl (C=O) groups excluding carboxylic acids is 2. The molecule has 0 bridgehead atoms. The maximum atomic E-state index is 13.8. The Hall–Kier alpha value is -3.57. The van der Waals surface area contributed by atoms with Crippen molar-refractivity contribution in [2.24, 2.45) is 0 Å². The summed E-state index contributed by atoms with van der Waals surface area (Å²) in [5, 5.41) is 2.62.